The summed E-state index contributed by atoms with van der Waals surface area (Å²) >= 11 is 7.69. The average Bonchev–Trinajstić information content (AvgIpc) is 3.14. The van der Waals surface area contributed by atoms with Crippen LogP contribution in [0.5, 0.6) is 0 Å². The first-order valence-corrected chi connectivity index (χ1v) is 11.4. The normalized spacial score (nSPS) is 14.0. The Morgan fingerprint density at radius 2 is 1.91 bits per heavy atom. The minimum absolute atomic E-state index is 0.238. The van der Waals surface area contributed by atoms with E-state index in [0.29, 0.717) is 58.2 Å². The predicted molar refractivity (Wildman–Crippen MR) is 127 cm³/mol. The number of carbonyl (C=O) groups is 1. The monoisotopic (exact) mass is 473 g/mol. The van der Waals surface area contributed by atoms with E-state index in [2.05, 4.69) is 20.3 Å². The molecular weight excluding hydrogens is 450 g/mol. The van der Waals surface area contributed by atoms with Crippen LogP contribution in [0.1, 0.15) is 26.6 Å². The van der Waals surface area contributed by atoms with Crippen molar-refractivity contribution in [2.75, 3.05) is 36.5 Å². The van der Waals surface area contributed by atoms with Crippen molar-refractivity contribution in [1.29, 1.82) is 0 Å². The molecule has 4 rings (SSSR count). The van der Waals surface area contributed by atoms with Crippen LogP contribution < -0.4 is 15.8 Å². The molecule has 1 aromatic carbocycles. The van der Waals surface area contributed by atoms with E-state index in [-0.39, 0.29) is 11.5 Å². The number of morpholine rings is 1. The van der Waals surface area contributed by atoms with Gasteiger partial charge >= 0.3 is 0 Å². The lowest BCUT2D eigenvalue weighted by Gasteiger charge is -2.31. The number of anilines is 2. The first-order chi connectivity index (χ1) is 15.3. The molecule has 0 radical (unpaired) electrons. The molecule has 1 N–H and O–H groups in total. The first kappa shape index (κ1) is 22.4. The number of amides is 1. The fraction of sp³-hybridized carbons (Fsp3) is 0.364. The number of rotatable bonds is 4. The molecule has 0 saturated carbocycles. The molecule has 2 aromatic heterocycles. The number of aromatic nitrogens is 3. The van der Waals surface area contributed by atoms with Crippen molar-refractivity contribution in [3.63, 3.8) is 0 Å². The van der Waals surface area contributed by atoms with Crippen molar-refractivity contribution < 1.29 is 9.53 Å². The topological polar surface area (TPSA) is 89.3 Å². The summed E-state index contributed by atoms with van der Waals surface area (Å²) in [6, 6.07) is 5.44. The molecule has 1 aliphatic heterocycles. The number of ether oxygens (including phenoxy) is 1. The quantitative estimate of drug-likeness (QED) is 0.623. The Morgan fingerprint density at radius 1 is 1.19 bits per heavy atom. The molecule has 0 atom stereocenters. The molecule has 10 heteroatoms. The zero-order valence-corrected chi connectivity index (χ0v) is 19.9. The highest BCUT2D eigenvalue weighted by atomic mass is 35.5. The molecule has 0 unspecified atom stereocenters. The van der Waals surface area contributed by atoms with Gasteiger partial charge in [0.25, 0.3) is 11.5 Å². The van der Waals surface area contributed by atoms with Crippen LogP contribution in [0.3, 0.4) is 0 Å². The number of hydrogen-bond acceptors (Lipinski definition) is 7. The van der Waals surface area contributed by atoms with E-state index in [1.54, 1.807) is 20.0 Å². The maximum Gasteiger partial charge on any atom is 0.277 e. The highest BCUT2D eigenvalue weighted by Crippen LogP contribution is 2.36. The first-order valence-electron chi connectivity index (χ1n) is 10.2. The molecule has 1 aliphatic rings. The zero-order chi connectivity index (χ0) is 23.0. The van der Waals surface area contributed by atoms with Crippen molar-refractivity contribution in [2.24, 2.45) is 7.05 Å². The zero-order valence-electron chi connectivity index (χ0n) is 18.4. The van der Waals surface area contributed by atoms with E-state index in [1.165, 1.54) is 16.0 Å². The fourth-order valence-electron chi connectivity index (χ4n) is 3.72. The molecule has 0 bridgehead atoms. The van der Waals surface area contributed by atoms with E-state index < -0.39 is 0 Å². The van der Waals surface area contributed by atoms with Crippen LogP contribution in [0.15, 0.2) is 23.0 Å². The molecule has 168 valence electrons. The van der Waals surface area contributed by atoms with Gasteiger partial charge in [-0.2, -0.15) is 5.10 Å². The molecule has 0 spiro atoms. The molecule has 8 nitrogen and oxygen atoms in total. The molecule has 1 fully saturated rings. The Bertz CT molecular complexity index is 1250. The Balaban J connectivity index is 1.68. The standard InChI is InChI=1S/C22H24ClN5O3S/c1-12-13(2)26-27(4)22(30)17(12)21-24-14(3)19(32-21)20(29)25-16-7-5-6-15(23)18(16)28-8-10-31-11-9-28/h5-7H,8-11H2,1-4H3,(H,25,29). The summed E-state index contributed by atoms with van der Waals surface area (Å²) in [7, 11) is 1.61. The summed E-state index contributed by atoms with van der Waals surface area (Å²) in [6.45, 7) is 8.06. The van der Waals surface area contributed by atoms with Gasteiger partial charge in [-0.1, -0.05) is 17.7 Å². The van der Waals surface area contributed by atoms with Crippen LogP contribution in [0.25, 0.3) is 10.6 Å². The lowest BCUT2D eigenvalue weighted by atomic mass is 10.1. The lowest BCUT2D eigenvalue weighted by Crippen LogP contribution is -2.37. The van der Waals surface area contributed by atoms with Gasteiger partial charge in [0.15, 0.2) is 0 Å². The minimum Gasteiger partial charge on any atom is -0.378 e. The summed E-state index contributed by atoms with van der Waals surface area (Å²) in [5.41, 5.74) is 3.72. The second-order valence-corrected chi connectivity index (χ2v) is 9.04. The van der Waals surface area contributed by atoms with Gasteiger partial charge in [-0.3, -0.25) is 9.59 Å². The lowest BCUT2D eigenvalue weighted by molar-refractivity contribution is 0.103. The SMILES string of the molecule is Cc1nc(-c2c(C)c(C)nn(C)c2=O)sc1C(=O)Nc1cccc(Cl)c1N1CCOCC1. The van der Waals surface area contributed by atoms with Crippen molar-refractivity contribution in [1.82, 2.24) is 14.8 Å². The number of nitrogens with zero attached hydrogens (tertiary/aromatic N) is 4. The highest BCUT2D eigenvalue weighted by Gasteiger charge is 2.23. The Hall–Kier alpha value is -2.75. The summed E-state index contributed by atoms with van der Waals surface area (Å²) in [5, 5.41) is 8.29. The minimum atomic E-state index is -0.289. The Labute approximate surface area is 194 Å². The Kier molecular flexibility index (Phi) is 6.32. The van der Waals surface area contributed by atoms with Crippen LogP contribution in [-0.4, -0.2) is 47.0 Å². The summed E-state index contributed by atoms with van der Waals surface area (Å²) in [4.78, 5) is 33.0. The van der Waals surface area contributed by atoms with Crippen molar-refractivity contribution in [2.45, 2.75) is 20.8 Å². The molecule has 3 heterocycles. The number of thiazole rings is 1. The summed E-state index contributed by atoms with van der Waals surface area (Å²) < 4.78 is 6.74. The third-order valence-electron chi connectivity index (χ3n) is 5.50. The number of carbonyl (C=O) groups excluding carboxylic acids is 1. The second kappa shape index (κ2) is 9.01. The van der Waals surface area contributed by atoms with E-state index in [0.717, 1.165) is 16.9 Å². The van der Waals surface area contributed by atoms with Crippen LogP contribution in [0, 0.1) is 20.8 Å². The third-order valence-corrected chi connectivity index (χ3v) is 6.98. The van der Waals surface area contributed by atoms with Crippen LogP contribution in [0.2, 0.25) is 5.02 Å². The molecule has 32 heavy (non-hydrogen) atoms. The third kappa shape index (κ3) is 4.15. The number of benzene rings is 1. The number of aryl methyl sites for hydroxylation is 3. The number of hydrogen-bond donors (Lipinski definition) is 1. The van der Waals surface area contributed by atoms with Gasteiger partial charge in [0.2, 0.25) is 0 Å². The van der Waals surface area contributed by atoms with Gasteiger partial charge < -0.3 is 15.0 Å². The maximum absolute atomic E-state index is 13.2. The van der Waals surface area contributed by atoms with Gasteiger partial charge in [0.1, 0.15) is 9.88 Å². The summed E-state index contributed by atoms with van der Waals surface area (Å²) in [5.74, 6) is -0.289. The van der Waals surface area contributed by atoms with Gasteiger partial charge in [-0.15, -0.1) is 11.3 Å². The average molecular weight is 474 g/mol. The van der Waals surface area contributed by atoms with Gasteiger partial charge in [-0.25, -0.2) is 9.67 Å². The molecule has 1 saturated heterocycles. The molecular formula is C22H24ClN5O3S. The largest absolute Gasteiger partial charge is 0.378 e. The smallest absolute Gasteiger partial charge is 0.277 e. The Morgan fingerprint density at radius 3 is 2.62 bits per heavy atom. The second-order valence-electron chi connectivity index (χ2n) is 7.64. The van der Waals surface area contributed by atoms with E-state index in [4.69, 9.17) is 16.3 Å². The van der Waals surface area contributed by atoms with Crippen molar-refractivity contribution in [3.05, 3.63) is 55.4 Å². The predicted octanol–water partition coefficient (Wildman–Crippen LogP) is 3.57. The fourth-order valence-corrected chi connectivity index (χ4v) is 5.07. The van der Waals surface area contributed by atoms with E-state index in [1.807, 2.05) is 26.0 Å². The number of halogens is 1. The molecule has 3 aromatic rings. The van der Waals surface area contributed by atoms with Crippen molar-refractivity contribution >= 4 is 40.2 Å². The molecule has 1 amide bonds. The number of para-hydroxylation sites is 1. The van der Waals surface area contributed by atoms with Crippen LogP contribution in [0.4, 0.5) is 11.4 Å². The summed E-state index contributed by atoms with van der Waals surface area (Å²) in [6.07, 6.45) is 0. The number of nitrogens with one attached hydrogen (secondary N) is 1. The molecule has 0 aliphatic carbocycles. The van der Waals surface area contributed by atoms with Crippen LogP contribution >= 0.6 is 22.9 Å². The van der Waals surface area contributed by atoms with Gasteiger partial charge in [0, 0.05) is 20.1 Å². The van der Waals surface area contributed by atoms with E-state index in [9.17, 15) is 9.59 Å². The van der Waals surface area contributed by atoms with E-state index >= 15 is 0 Å². The van der Waals surface area contributed by atoms with Crippen LogP contribution in [-0.2, 0) is 11.8 Å². The van der Waals surface area contributed by atoms with Gasteiger partial charge in [0.05, 0.1) is 46.6 Å². The highest BCUT2D eigenvalue weighted by molar-refractivity contribution is 7.17. The maximum atomic E-state index is 13.2. The van der Waals surface area contributed by atoms with Gasteiger partial charge in [-0.05, 0) is 38.5 Å². The van der Waals surface area contributed by atoms with Crippen molar-refractivity contribution in [3.8, 4) is 10.6 Å².